The zero-order valence-electron chi connectivity index (χ0n) is 10.3. The Morgan fingerprint density at radius 3 is 2.18 bits per heavy atom. The van der Waals surface area contributed by atoms with Crippen LogP contribution in [0.3, 0.4) is 0 Å². The number of rotatable bonds is 1. The van der Waals surface area contributed by atoms with Gasteiger partial charge < -0.3 is 14.3 Å². The number of aromatic amines is 1. The molecule has 0 aromatic carbocycles. The van der Waals surface area contributed by atoms with Gasteiger partial charge >= 0.3 is 7.12 Å². The number of aromatic nitrogens is 1. The number of hydrogen-bond acceptors (Lipinski definition) is 3. The minimum Gasteiger partial charge on any atom is -0.398 e. The molecule has 1 fully saturated rings. The van der Waals surface area contributed by atoms with Crippen molar-refractivity contribution in [1.82, 2.24) is 4.98 Å². The first-order chi connectivity index (χ1) is 7.71. The van der Waals surface area contributed by atoms with Gasteiger partial charge in [0.25, 0.3) is 0 Å². The summed E-state index contributed by atoms with van der Waals surface area (Å²) in [6.07, 6.45) is 0. The lowest BCUT2D eigenvalue weighted by atomic mass is 9.84. The third kappa shape index (κ3) is 2.27. The van der Waals surface area contributed by atoms with Gasteiger partial charge in [0.2, 0.25) is 5.56 Å². The predicted molar refractivity (Wildman–Crippen MR) is 67.8 cm³/mol. The summed E-state index contributed by atoms with van der Waals surface area (Å²) in [5.74, 6) is 0. The van der Waals surface area contributed by atoms with Crippen LogP contribution in [0, 0.1) is 0 Å². The third-order valence-corrected chi connectivity index (χ3v) is 3.56. The van der Waals surface area contributed by atoms with Crippen LogP contribution in [0.1, 0.15) is 27.7 Å². The van der Waals surface area contributed by atoms with Crippen molar-refractivity contribution in [1.29, 1.82) is 0 Å². The molecule has 6 heteroatoms. The highest BCUT2D eigenvalue weighted by Gasteiger charge is 2.52. The fourth-order valence-corrected chi connectivity index (χ4v) is 1.84. The Labute approximate surface area is 105 Å². The number of H-pyrrole nitrogens is 1. The molecule has 4 nitrogen and oxygen atoms in total. The summed E-state index contributed by atoms with van der Waals surface area (Å²) in [6.45, 7) is 7.82. The van der Waals surface area contributed by atoms with Crippen LogP contribution in [-0.2, 0) is 9.31 Å². The van der Waals surface area contributed by atoms with E-state index < -0.39 is 18.3 Å². The summed E-state index contributed by atoms with van der Waals surface area (Å²) in [5.41, 5.74) is -0.586. The molecule has 0 bridgehead atoms. The van der Waals surface area contributed by atoms with Crippen LogP contribution in [0.5, 0.6) is 0 Å². The Balaban J connectivity index is 2.35. The van der Waals surface area contributed by atoms with Gasteiger partial charge in [0.05, 0.1) is 11.2 Å². The molecule has 0 radical (unpaired) electrons. The van der Waals surface area contributed by atoms with E-state index >= 15 is 0 Å². The van der Waals surface area contributed by atoms with Crippen LogP contribution in [0.25, 0.3) is 0 Å². The maximum atomic E-state index is 11.3. The van der Waals surface area contributed by atoms with E-state index in [0.29, 0.717) is 10.6 Å². The molecule has 0 amide bonds. The molecule has 1 aliphatic heterocycles. The van der Waals surface area contributed by atoms with Crippen molar-refractivity contribution in [2.75, 3.05) is 0 Å². The van der Waals surface area contributed by atoms with Crippen molar-refractivity contribution < 1.29 is 9.31 Å². The largest absolute Gasteiger partial charge is 0.512 e. The number of halogens is 1. The summed E-state index contributed by atoms with van der Waals surface area (Å²) >= 11 is 5.84. The molecule has 1 N–H and O–H groups in total. The van der Waals surface area contributed by atoms with Gasteiger partial charge in [-0.15, -0.1) is 0 Å². The molecule has 0 atom stereocenters. The fourth-order valence-electron chi connectivity index (χ4n) is 1.63. The Bertz CT molecular complexity index is 482. The molecule has 2 heterocycles. The Morgan fingerprint density at radius 1 is 1.18 bits per heavy atom. The van der Waals surface area contributed by atoms with Crippen LogP contribution in [0.15, 0.2) is 16.9 Å². The summed E-state index contributed by atoms with van der Waals surface area (Å²) < 4.78 is 11.6. The van der Waals surface area contributed by atoms with Crippen LogP contribution in [-0.4, -0.2) is 23.3 Å². The first-order valence-electron chi connectivity index (χ1n) is 5.47. The smallest absolute Gasteiger partial charge is 0.398 e. The normalized spacial score (nSPS) is 21.8. The average molecular weight is 256 g/mol. The van der Waals surface area contributed by atoms with E-state index in [9.17, 15) is 4.79 Å². The molecule has 17 heavy (non-hydrogen) atoms. The molecular formula is C11H15BClNO3. The molecule has 2 rings (SSSR count). The van der Waals surface area contributed by atoms with E-state index in [1.54, 1.807) is 6.07 Å². The van der Waals surface area contributed by atoms with Crippen LogP contribution < -0.4 is 11.2 Å². The Hall–Kier alpha value is -0.775. The topological polar surface area (TPSA) is 51.3 Å². The minimum absolute atomic E-state index is 0.262. The van der Waals surface area contributed by atoms with Gasteiger partial charge in [0.1, 0.15) is 0 Å². The standard InChI is InChI=1S/C11H15BClNO3/c1-10(2)11(3,4)17-12(16-10)8-5-7(13)6-9(15)14-8/h5-6H,1-4H3,(H,14,15). The zero-order chi connectivity index (χ0) is 12.8. The summed E-state index contributed by atoms with van der Waals surface area (Å²) in [5, 5.41) is 0.374. The Kier molecular flexibility index (Phi) is 2.88. The van der Waals surface area contributed by atoms with Crippen molar-refractivity contribution in [3.05, 3.63) is 27.5 Å². The summed E-state index contributed by atoms with van der Waals surface area (Å²) in [7, 11) is -0.591. The summed E-state index contributed by atoms with van der Waals surface area (Å²) in [4.78, 5) is 14.0. The average Bonchev–Trinajstić information content (AvgIpc) is 2.34. The first-order valence-corrected chi connectivity index (χ1v) is 5.84. The van der Waals surface area contributed by atoms with E-state index in [-0.39, 0.29) is 5.56 Å². The second-order valence-electron chi connectivity index (χ2n) is 5.21. The van der Waals surface area contributed by atoms with Crippen LogP contribution in [0.4, 0.5) is 0 Å². The van der Waals surface area contributed by atoms with E-state index in [1.807, 2.05) is 27.7 Å². The maximum Gasteiger partial charge on any atom is 0.512 e. The summed E-state index contributed by atoms with van der Waals surface area (Å²) in [6, 6.07) is 2.96. The van der Waals surface area contributed by atoms with Gasteiger partial charge in [0.15, 0.2) is 0 Å². The van der Waals surface area contributed by atoms with Crippen molar-refractivity contribution >= 4 is 24.3 Å². The fraction of sp³-hybridized carbons (Fsp3) is 0.545. The zero-order valence-corrected chi connectivity index (χ0v) is 11.1. The van der Waals surface area contributed by atoms with Crippen LogP contribution in [0.2, 0.25) is 5.02 Å². The lowest BCUT2D eigenvalue weighted by Crippen LogP contribution is -2.41. The lowest BCUT2D eigenvalue weighted by Gasteiger charge is -2.32. The monoisotopic (exact) mass is 255 g/mol. The van der Waals surface area contributed by atoms with Gasteiger partial charge in [-0.1, -0.05) is 11.6 Å². The molecule has 1 aromatic rings. The molecule has 0 unspecified atom stereocenters. The molecule has 0 spiro atoms. The van der Waals surface area contributed by atoms with E-state index in [4.69, 9.17) is 20.9 Å². The second-order valence-corrected chi connectivity index (χ2v) is 5.64. The predicted octanol–water partition coefficient (Wildman–Crippen LogP) is 1.33. The van der Waals surface area contributed by atoms with Crippen LogP contribution >= 0.6 is 11.6 Å². The van der Waals surface area contributed by atoms with E-state index in [1.165, 1.54) is 6.07 Å². The highest BCUT2D eigenvalue weighted by molar-refractivity contribution is 6.61. The molecule has 1 aliphatic rings. The Morgan fingerprint density at radius 2 is 1.71 bits per heavy atom. The molecule has 1 aromatic heterocycles. The molecule has 0 saturated carbocycles. The molecule has 0 aliphatic carbocycles. The molecule has 92 valence electrons. The third-order valence-electron chi connectivity index (χ3n) is 3.34. The minimum atomic E-state index is -0.591. The quantitative estimate of drug-likeness (QED) is 0.770. The van der Waals surface area contributed by atoms with E-state index in [2.05, 4.69) is 4.98 Å². The van der Waals surface area contributed by atoms with Crippen molar-refractivity contribution in [2.24, 2.45) is 0 Å². The van der Waals surface area contributed by atoms with Gasteiger partial charge in [-0.05, 0) is 33.8 Å². The SMILES string of the molecule is CC1(C)OB(c2cc(Cl)cc(=O)[nH]2)OC1(C)C. The first kappa shape index (κ1) is 12.7. The van der Waals surface area contributed by atoms with Gasteiger partial charge in [0, 0.05) is 16.7 Å². The van der Waals surface area contributed by atoms with Gasteiger partial charge in [-0.2, -0.15) is 0 Å². The second kappa shape index (κ2) is 3.87. The number of hydrogen-bond donors (Lipinski definition) is 1. The van der Waals surface area contributed by atoms with Gasteiger partial charge in [-0.25, -0.2) is 0 Å². The van der Waals surface area contributed by atoms with Crippen molar-refractivity contribution in [2.45, 2.75) is 38.9 Å². The molecule has 1 saturated heterocycles. The number of nitrogens with one attached hydrogen (secondary N) is 1. The molecular weight excluding hydrogens is 240 g/mol. The maximum absolute atomic E-state index is 11.3. The van der Waals surface area contributed by atoms with E-state index in [0.717, 1.165) is 0 Å². The van der Waals surface area contributed by atoms with Crippen molar-refractivity contribution in [3.8, 4) is 0 Å². The lowest BCUT2D eigenvalue weighted by molar-refractivity contribution is 0.00578. The number of pyridine rings is 1. The van der Waals surface area contributed by atoms with Crippen molar-refractivity contribution in [3.63, 3.8) is 0 Å². The van der Waals surface area contributed by atoms with Gasteiger partial charge in [-0.3, -0.25) is 4.79 Å². The highest BCUT2D eigenvalue weighted by Crippen LogP contribution is 2.36. The highest BCUT2D eigenvalue weighted by atomic mass is 35.5.